The van der Waals surface area contributed by atoms with Crippen LogP contribution in [0.15, 0.2) is 25.3 Å². The monoisotopic (exact) mass is 171 g/mol. The van der Waals surface area contributed by atoms with Gasteiger partial charge in [-0.2, -0.15) is 0 Å². The summed E-state index contributed by atoms with van der Waals surface area (Å²) in [5, 5.41) is 17.7. The van der Waals surface area contributed by atoms with Gasteiger partial charge in [0.2, 0.25) is 0 Å². The maximum Gasteiger partial charge on any atom is 0.0897 e. The van der Waals surface area contributed by atoms with Crippen molar-refractivity contribution in [1.82, 2.24) is 4.90 Å². The third kappa shape index (κ3) is 5.07. The predicted octanol–water partition coefficient (Wildman–Crippen LogP) is 0.0136. The van der Waals surface area contributed by atoms with Gasteiger partial charge < -0.3 is 10.2 Å². The number of rotatable bonds is 7. The second-order valence-corrected chi connectivity index (χ2v) is 2.63. The summed E-state index contributed by atoms with van der Waals surface area (Å²) in [4.78, 5) is 1.95. The zero-order valence-electron chi connectivity index (χ0n) is 7.32. The Balaban J connectivity index is 3.75. The van der Waals surface area contributed by atoms with Crippen LogP contribution in [-0.4, -0.2) is 47.5 Å². The van der Waals surface area contributed by atoms with Crippen LogP contribution in [0.3, 0.4) is 0 Å². The van der Waals surface area contributed by atoms with E-state index in [-0.39, 0.29) is 6.61 Å². The molecule has 0 saturated carbocycles. The van der Waals surface area contributed by atoms with Crippen molar-refractivity contribution in [3.8, 4) is 0 Å². The summed E-state index contributed by atoms with van der Waals surface area (Å²) < 4.78 is 0. The second kappa shape index (κ2) is 7.03. The van der Waals surface area contributed by atoms with Crippen molar-refractivity contribution in [3.05, 3.63) is 25.3 Å². The Morgan fingerprint density at radius 1 is 1.25 bits per heavy atom. The van der Waals surface area contributed by atoms with Gasteiger partial charge in [-0.1, -0.05) is 12.2 Å². The van der Waals surface area contributed by atoms with Crippen molar-refractivity contribution in [2.45, 2.75) is 6.10 Å². The summed E-state index contributed by atoms with van der Waals surface area (Å²) >= 11 is 0. The highest BCUT2D eigenvalue weighted by Gasteiger charge is 2.07. The molecule has 0 saturated heterocycles. The Kier molecular flexibility index (Phi) is 6.66. The highest BCUT2D eigenvalue weighted by atomic mass is 16.3. The van der Waals surface area contributed by atoms with Crippen molar-refractivity contribution >= 4 is 0 Å². The normalized spacial score (nSPS) is 12.9. The van der Waals surface area contributed by atoms with Crippen LogP contribution in [0.4, 0.5) is 0 Å². The molecule has 12 heavy (non-hydrogen) atoms. The molecule has 2 N–H and O–H groups in total. The van der Waals surface area contributed by atoms with Gasteiger partial charge in [-0.3, -0.25) is 4.90 Å². The molecule has 0 aliphatic heterocycles. The maximum absolute atomic E-state index is 9.12. The van der Waals surface area contributed by atoms with Crippen LogP contribution in [-0.2, 0) is 0 Å². The predicted molar refractivity (Wildman–Crippen MR) is 49.9 cm³/mol. The largest absolute Gasteiger partial charge is 0.394 e. The Labute approximate surface area is 73.6 Å². The van der Waals surface area contributed by atoms with E-state index in [1.165, 1.54) is 0 Å². The molecule has 0 aromatic carbocycles. The molecular formula is C9H17NO2. The number of aliphatic hydroxyl groups is 2. The van der Waals surface area contributed by atoms with E-state index in [1.54, 1.807) is 12.2 Å². The molecule has 0 heterocycles. The van der Waals surface area contributed by atoms with Gasteiger partial charge in [-0.05, 0) is 0 Å². The molecule has 1 unspecified atom stereocenters. The summed E-state index contributed by atoms with van der Waals surface area (Å²) in [6.07, 6.45) is 2.84. The fourth-order valence-corrected chi connectivity index (χ4v) is 0.945. The van der Waals surface area contributed by atoms with Gasteiger partial charge in [0.1, 0.15) is 0 Å². The molecule has 0 spiro atoms. The van der Waals surface area contributed by atoms with Crippen molar-refractivity contribution < 1.29 is 10.2 Å². The molecule has 3 heteroatoms. The summed E-state index contributed by atoms with van der Waals surface area (Å²) in [5.74, 6) is 0. The smallest absolute Gasteiger partial charge is 0.0897 e. The Morgan fingerprint density at radius 3 is 2.08 bits per heavy atom. The van der Waals surface area contributed by atoms with E-state index < -0.39 is 6.10 Å². The van der Waals surface area contributed by atoms with E-state index in [0.29, 0.717) is 19.6 Å². The molecule has 0 aliphatic carbocycles. The summed E-state index contributed by atoms with van der Waals surface area (Å²) in [6.45, 7) is 8.84. The minimum absolute atomic E-state index is 0.204. The number of nitrogens with zero attached hydrogens (tertiary/aromatic N) is 1. The first-order valence-corrected chi connectivity index (χ1v) is 3.97. The highest BCUT2D eigenvalue weighted by molar-refractivity contribution is 4.80. The SMILES string of the molecule is C=CCN(CC=C)CC(O)CO. The third-order valence-electron chi connectivity index (χ3n) is 1.45. The van der Waals surface area contributed by atoms with Crippen LogP contribution in [0.5, 0.6) is 0 Å². The van der Waals surface area contributed by atoms with Gasteiger partial charge in [0.15, 0.2) is 0 Å². The maximum atomic E-state index is 9.12. The van der Waals surface area contributed by atoms with E-state index in [0.717, 1.165) is 0 Å². The number of hydrogen-bond donors (Lipinski definition) is 2. The quantitative estimate of drug-likeness (QED) is 0.530. The number of aliphatic hydroxyl groups excluding tert-OH is 2. The zero-order chi connectivity index (χ0) is 9.40. The van der Waals surface area contributed by atoms with Crippen LogP contribution in [0.25, 0.3) is 0 Å². The summed E-state index contributed by atoms with van der Waals surface area (Å²) in [7, 11) is 0. The van der Waals surface area contributed by atoms with Gasteiger partial charge in [0.25, 0.3) is 0 Å². The lowest BCUT2D eigenvalue weighted by Crippen LogP contribution is -2.34. The van der Waals surface area contributed by atoms with E-state index >= 15 is 0 Å². The molecule has 0 aliphatic rings. The Hall–Kier alpha value is -0.640. The first kappa shape index (κ1) is 11.4. The van der Waals surface area contributed by atoms with Crippen LogP contribution in [0, 0.1) is 0 Å². The van der Waals surface area contributed by atoms with Crippen LogP contribution in [0.1, 0.15) is 0 Å². The molecular weight excluding hydrogens is 154 g/mol. The van der Waals surface area contributed by atoms with Gasteiger partial charge in [0, 0.05) is 19.6 Å². The third-order valence-corrected chi connectivity index (χ3v) is 1.45. The molecule has 0 fully saturated rings. The van der Waals surface area contributed by atoms with Crippen molar-refractivity contribution in [2.75, 3.05) is 26.2 Å². The molecule has 0 bridgehead atoms. The Bertz CT molecular complexity index is 126. The van der Waals surface area contributed by atoms with Gasteiger partial charge in [0.05, 0.1) is 12.7 Å². The summed E-state index contributed by atoms with van der Waals surface area (Å²) in [5.41, 5.74) is 0. The highest BCUT2D eigenvalue weighted by Crippen LogP contribution is 1.92. The van der Waals surface area contributed by atoms with Gasteiger partial charge in [-0.25, -0.2) is 0 Å². The average Bonchev–Trinajstić information content (AvgIpc) is 2.05. The zero-order valence-corrected chi connectivity index (χ0v) is 7.32. The van der Waals surface area contributed by atoms with E-state index in [9.17, 15) is 0 Å². The van der Waals surface area contributed by atoms with E-state index in [4.69, 9.17) is 10.2 Å². The first-order valence-electron chi connectivity index (χ1n) is 3.97. The fourth-order valence-electron chi connectivity index (χ4n) is 0.945. The topological polar surface area (TPSA) is 43.7 Å². The fraction of sp³-hybridized carbons (Fsp3) is 0.556. The van der Waals surface area contributed by atoms with E-state index in [1.807, 2.05) is 4.90 Å². The van der Waals surface area contributed by atoms with Gasteiger partial charge >= 0.3 is 0 Å². The van der Waals surface area contributed by atoms with Crippen LogP contribution in [0.2, 0.25) is 0 Å². The first-order chi connectivity index (χ1) is 5.74. The minimum Gasteiger partial charge on any atom is -0.394 e. The molecule has 0 amide bonds. The van der Waals surface area contributed by atoms with E-state index in [2.05, 4.69) is 13.2 Å². The van der Waals surface area contributed by atoms with Crippen LogP contribution >= 0.6 is 0 Å². The molecule has 0 aromatic heterocycles. The van der Waals surface area contributed by atoms with Crippen molar-refractivity contribution in [3.63, 3.8) is 0 Å². The molecule has 70 valence electrons. The lowest BCUT2D eigenvalue weighted by atomic mass is 10.3. The molecule has 0 radical (unpaired) electrons. The molecule has 3 nitrogen and oxygen atoms in total. The standard InChI is InChI=1S/C9H17NO2/c1-3-5-10(6-4-2)7-9(12)8-11/h3-4,9,11-12H,1-2,5-8H2. The molecule has 0 aromatic rings. The lowest BCUT2D eigenvalue weighted by molar-refractivity contribution is 0.0658. The number of hydrogen-bond acceptors (Lipinski definition) is 3. The minimum atomic E-state index is -0.676. The average molecular weight is 171 g/mol. The van der Waals surface area contributed by atoms with Crippen molar-refractivity contribution in [2.24, 2.45) is 0 Å². The molecule has 1 atom stereocenters. The lowest BCUT2D eigenvalue weighted by Gasteiger charge is -2.20. The van der Waals surface area contributed by atoms with Crippen molar-refractivity contribution in [1.29, 1.82) is 0 Å². The second-order valence-electron chi connectivity index (χ2n) is 2.63. The summed E-state index contributed by atoms with van der Waals surface area (Å²) in [6, 6.07) is 0. The van der Waals surface area contributed by atoms with Gasteiger partial charge in [-0.15, -0.1) is 13.2 Å². The molecule has 0 rings (SSSR count). The van der Waals surface area contributed by atoms with Crippen LogP contribution < -0.4 is 0 Å². The Morgan fingerprint density at radius 2 is 1.75 bits per heavy atom.